The largest absolute Gasteiger partial charge is 0.335 e. The predicted molar refractivity (Wildman–Crippen MR) is 72.4 cm³/mol. The molecule has 0 N–H and O–H groups in total. The first-order valence-electron chi connectivity index (χ1n) is 6.52. The monoisotopic (exact) mass is 260 g/mol. The highest BCUT2D eigenvalue weighted by Gasteiger charge is 2.34. The van der Waals surface area contributed by atoms with Gasteiger partial charge in [0.2, 0.25) is 5.91 Å². The predicted octanol–water partition coefficient (Wildman–Crippen LogP) is 2.33. The summed E-state index contributed by atoms with van der Waals surface area (Å²) in [6.45, 7) is 4.15. The van der Waals surface area contributed by atoms with Gasteiger partial charge in [-0.2, -0.15) is 0 Å². The van der Waals surface area contributed by atoms with Crippen LogP contribution in [0.15, 0.2) is 0 Å². The molecular formula is C13H25ClN2O. The molecule has 0 aromatic heterocycles. The first-order valence-corrected chi connectivity index (χ1v) is 7.06. The first kappa shape index (κ1) is 14.8. The molecule has 0 bridgehead atoms. The maximum absolute atomic E-state index is 12.0. The molecule has 1 saturated carbocycles. The summed E-state index contributed by atoms with van der Waals surface area (Å²) in [5.41, 5.74) is 0. The second-order valence-electron chi connectivity index (χ2n) is 5.41. The fourth-order valence-electron chi connectivity index (χ4n) is 2.94. The second kappa shape index (κ2) is 6.60. The summed E-state index contributed by atoms with van der Waals surface area (Å²) in [6.07, 6.45) is 4.76. The number of carbonyl (C=O) groups excluding carboxylic acids is 1. The summed E-state index contributed by atoms with van der Waals surface area (Å²) < 4.78 is 0. The normalized spacial score (nSPS) is 25.4. The van der Waals surface area contributed by atoms with Gasteiger partial charge in [-0.05, 0) is 40.8 Å². The Balaban J connectivity index is 2.86. The topological polar surface area (TPSA) is 23.6 Å². The van der Waals surface area contributed by atoms with Crippen molar-refractivity contribution in [2.24, 2.45) is 0 Å². The number of hydrogen-bond donors (Lipinski definition) is 0. The Hall–Kier alpha value is -0.280. The van der Waals surface area contributed by atoms with Gasteiger partial charge < -0.3 is 9.80 Å². The Kier molecular flexibility index (Phi) is 5.74. The zero-order valence-corrected chi connectivity index (χ0v) is 12.2. The van der Waals surface area contributed by atoms with E-state index in [0.29, 0.717) is 12.1 Å². The fraction of sp³-hybridized carbons (Fsp3) is 0.923. The number of carbonyl (C=O) groups is 1. The van der Waals surface area contributed by atoms with Gasteiger partial charge in [0.15, 0.2) is 0 Å². The minimum Gasteiger partial charge on any atom is -0.335 e. The Morgan fingerprint density at radius 1 is 1.24 bits per heavy atom. The van der Waals surface area contributed by atoms with Gasteiger partial charge in [-0.25, -0.2) is 0 Å². The van der Waals surface area contributed by atoms with Crippen LogP contribution >= 0.6 is 11.6 Å². The summed E-state index contributed by atoms with van der Waals surface area (Å²) in [4.78, 5) is 16.2. The molecule has 1 aliphatic rings. The minimum atomic E-state index is 0.0698. The fourth-order valence-corrected chi connectivity index (χ4v) is 3.08. The van der Waals surface area contributed by atoms with Crippen LogP contribution in [0.2, 0.25) is 0 Å². The van der Waals surface area contributed by atoms with Gasteiger partial charge in [0.25, 0.3) is 0 Å². The summed E-state index contributed by atoms with van der Waals surface area (Å²) in [6, 6.07) is 1.02. The standard InChI is InChI=1S/C13H25ClN2O/c1-10(2)16(13(17)9-14)12-8-6-5-7-11(12)15(3)4/h10-12H,5-9H2,1-4H3/t11-,12-/m0/s1. The number of rotatable bonds is 4. The first-order chi connectivity index (χ1) is 7.99. The molecule has 1 rings (SSSR count). The number of alkyl halides is 1. The molecule has 0 heterocycles. The molecular weight excluding hydrogens is 236 g/mol. The zero-order chi connectivity index (χ0) is 13.0. The molecule has 0 unspecified atom stereocenters. The molecule has 1 amide bonds. The van der Waals surface area contributed by atoms with Crippen molar-refractivity contribution >= 4 is 17.5 Å². The van der Waals surface area contributed by atoms with Crippen LogP contribution in [0.5, 0.6) is 0 Å². The van der Waals surface area contributed by atoms with E-state index in [4.69, 9.17) is 11.6 Å². The number of nitrogens with zero attached hydrogens (tertiary/aromatic N) is 2. The van der Waals surface area contributed by atoms with Crippen molar-refractivity contribution in [3.05, 3.63) is 0 Å². The third-order valence-corrected chi connectivity index (χ3v) is 3.90. The highest BCUT2D eigenvalue weighted by atomic mass is 35.5. The zero-order valence-electron chi connectivity index (χ0n) is 11.4. The Morgan fingerprint density at radius 2 is 1.76 bits per heavy atom. The smallest absolute Gasteiger partial charge is 0.238 e. The molecule has 0 aliphatic heterocycles. The van der Waals surface area contributed by atoms with Crippen molar-refractivity contribution in [1.82, 2.24) is 9.80 Å². The molecule has 2 atom stereocenters. The van der Waals surface area contributed by atoms with Crippen LogP contribution in [-0.2, 0) is 4.79 Å². The molecule has 4 heteroatoms. The molecule has 17 heavy (non-hydrogen) atoms. The van der Waals surface area contributed by atoms with Gasteiger partial charge in [-0.1, -0.05) is 12.8 Å². The summed E-state index contributed by atoms with van der Waals surface area (Å²) in [5, 5.41) is 0. The summed E-state index contributed by atoms with van der Waals surface area (Å²) >= 11 is 5.73. The number of likely N-dealkylation sites (N-methyl/N-ethyl adjacent to an activating group) is 1. The lowest BCUT2D eigenvalue weighted by atomic mass is 9.87. The third-order valence-electron chi connectivity index (χ3n) is 3.67. The van der Waals surface area contributed by atoms with Crippen molar-refractivity contribution in [3.63, 3.8) is 0 Å². The molecule has 100 valence electrons. The molecule has 0 spiro atoms. The lowest BCUT2D eigenvalue weighted by Gasteiger charge is -2.44. The number of halogens is 1. The lowest BCUT2D eigenvalue weighted by Crippen LogP contribution is -2.56. The van der Waals surface area contributed by atoms with E-state index in [2.05, 4.69) is 32.8 Å². The van der Waals surface area contributed by atoms with Crippen molar-refractivity contribution in [2.75, 3.05) is 20.0 Å². The van der Waals surface area contributed by atoms with Crippen LogP contribution < -0.4 is 0 Å². The van der Waals surface area contributed by atoms with Crippen molar-refractivity contribution in [1.29, 1.82) is 0 Å². The average molecular weight is 261 g/mol. The van der Waals surface area contributed by atoms with E-state index in [1.165, 1.54) is 19.3 Å². The number of hydrogen-bond acceptors (Lipinski definition) is 2. The summed E-state index contributed by atoms with van der Waals surface area (Å²) in [5.74, 6) is 0.162. The number of amides is 1. The summed E-state index contributed by atoms with van der Waals surface area (Å²) in [7, 11) is 4.21. The lowest BCUT2D eigenvalue weighted by molar-refractivity contribution is -0.135. The van der Waals surface area contributed by atoms with E-state index in [1.54, 1.807) is 0 Å². The maximum atomic E-state index is 12.0. The molecule has 3 nitrogen and oxygen atoms in total. The van der Waals surface area contributed by atoms with Crippen LogP contribution in [0.4, 0.5) is 0 Å². The van der Waals surface area contributed by atoms with E-state index in [-0.39, 0.29) is 17.8 Å². The van der Waals surface area contributed by atoms with Crippen molar-refractivity contribution in [3.8, 4) is 0 Å². The second-order valence-corrected chi connectivity index (χ2v) is 5.68. The van der Waals surface area contributed by atoms with Gasteiger partial charge in [0, 0.05) is 18.1 Å². The molecule has 0 aromatic rings. The van der Waals surface area contributed by atoms with Crippen LogP contribution in [-0.4, -0.2) is 53.8 Å². The van der Waals surface area contributed by atoms with Crippen LogP contribution in [0.1, 0.15) is 39.5 Å². The Bertz CT molecular complexity index is 256. The van der Waals surface area contributed by atoms with Gasteiger partial charge in [-0.3, -0.25) is 4.79 Å². The molecule has 1 fully saturated rings. The van der Waals surface area contributed by atoms with Gasteiger partial charge in [-0.15, -0.1) is 11.6 Å². The van der Waals surface area contributed by atoms with Crippen LogP contribution in [0.25, 0.3) is 0 Å². The quantitative estimate of drug-likeness (QED) is 0.725. The van der Waals surface area contributed by atoms with Crippen LogP contribution in [0, 0.1) is 0 Å². The van der Waals surface area contributed by atoms with Gasteiger partial charge >= 0.3 is 0 Å². The highest BCUT2D eigenvalue weighted by Crippen LogP contribution is 2.27. The van der Waals surface area contributed by atoms with Crippen LogP contribution in [0.3, 0.4) is 0 Å². The average Bonchev–Trinajstić information content (AvgIpc) is 2.29. The van der Waals surface area contributed by atoms with E-state index < -0.39 is 0 Å². The molecule has 1 aliphatic carbocycles. The van der Waals surface area contributed by atoms with E-state index in [9.17, 15) is 4.79 Å². The van der Waals surface area contributed by atoms with Crippen molar-refractivity contribution in [2.45, 2.75) is 57.7 Å². The molecule has 0 saturated heterocycles. The van der Waals surface area contributed by atoms with Crippen molar-refractivity contribution < 1.29 is 4.79 Å². The highest BCUT2D eigenvalue weighted by molar-refractivity contribution is 6.27. The van der Waals surface area contributed by atoms with E-state index >= 15 is 0 Å². The minimum absolute atomic E-state index is 0.0698. The van der Waals surface area contributed by atoms with E-state index in [0.717, 1.165) is 6.42 Å². The Labute approximate surface area is 110 Å². The maximum Gasteiger partial charge on any atom is 0.238 e. The Morgan fingerprint density at radius 3 is 2.18 bits per heavy atom. The molecule has 0 radical (unpaired) electrons. The van der Waals surface area contributed by atoms with E-state index in [1.807, 2.05) is 4.90 Å². The SMILES string of the molecule is CC(C)N(C(=O)CCl)[C@H]1CCCC[C@@H]1N(C)C. The van der Waals surface area contributed by atoms with Gasteiger partial charge in [0.1, 0.15) is 5.88 Å². The third kappa shape index (κ3) is 3.59. The molecule has 0 aromatic carbocycles. The van der Waals surface area contributed by atoms with Gasteiger partial charge in [0.05, 0.1) is 0 Å².